The molecule has 1 atom stereocenters. The lowest BCUT2D eigenvalue weighted by Crippen LogP contribution is -2.32. The number of hydrogen-bond acceptors (Lipinski definition) is 4. The minimum atomic E-state index is -0.482. The van der Waals surface area contributed by atoms with Crippen molar-refractivity contribution in [3.05, 3.63) is 96.1 Å². The Labute approximate surface area is 184 Å². The summed E-state index contributed by atoms with van der Waals surface area (Å²) >= 11 is 1.36. The molecule has 0 bridgehead atoms. The van der Waals surface area contributed by atoms with Gasteiger partial charge in [0.1, 0.15) is 17.7 Å². The summed E-state index contributed by atoms with van der Waals surface area (Å²) in [5, 5.41) is 3.76. The van der Waals surface area contributed by atoms with Crippen molar-refractivity contribution in [1.82, 2.24) is 24.4 Å². The molecule has 0 aliphatic rings. The van der Waals surface area contributed by atoms with Gasteiger partial charge in [-0.25, -0.2) is 14.4 Å². The highest BCUT2D eigenvalue weighted by Gasteiger charge is 2.21. The number of thioether (sulfide) groups is 1. The summed E-state index contributed by atoms with van der Waals surface area (Å²) in [6.45, 7) is 2.04. The van der Waals surface area contributed by atoms with Gasteiger partial charge in [0.25, 0.3) is 0 Å². The van der Waals surface area contributed by atoms with Crippen LogP contribution < -0.4 is 5.32 Å². The molecule has 1 unspecified atom stereocenters. The molecule has 0 aliphatic carbocycles. The summed E-state index contributed by atoms with van der Waals surface area (Å²) in [6, 6.07) is 13.6. The normalized spacial score (nSPS) is 12.0. The van der Waals surface area contributed by atoms with Crippen molar-refractivity contribution in [3.8, 4) is 5.69 Å². The Morgan fingerprint density at radius 2 is 1.84 bits per heavy atom. The van der Waals surface area contributed by atoms with E-state index < -0.39 is 6.04 Å². The number of carbonyl (C=O) groups excluding carboxylic acids is 1. The summed E-state index contributed by atoms with van der Waals surface area (Å²) in [7, 11) is 1.86. The van der Waals surface area contributed by atoms with Gasteiger partial charge in [-0.2, -0.15) is 0 Å². The molecule has 6 nitrogen and oxygen atoms in total. The van der Waals surface area contributed by atoms with E-state index in [4.69, 9.17) is 0 Å². The monoisotopic (exact) mass is 435 g/mol. The van der Waals surface area contributed by atoms with Crippen LogP contribution in [0.25, 0.3) is 5.69 Å². The smallest absolute Gasteiger partial charge is 0.231 e. The van der Waals surface area contributed by atoms with Gasteiger partial charge in [-0.1, -0.05) is 42.1 Å². The first-order valence-electron chi connectivity index (χ1n) is 9.77. The Morgan fingerprint density at radius 3 is 2.55 bits per heavy atom. The third-order valence-corrected chi connectivity index (χ3v) is 5.91. The van der Waals surface area contributed by atoms with Crippen LogP contribution in [0.15, 0.2) is 78.5 Å². The SMILES string of the molecule is Cc1ccccc1-n1ccnc1SCC(=O)NC(c1ccc(F)cc1)c1nccn1C. The zero-order valence-corrected chi connectivity index (χ0v) is 18.0. The maximum absolute atomic E-state index is 13.4. The Balaban J connectivity index is 1.50. The number of rotatable bonds is 7. The first-order valence-corrected chi connectivity index (χ1v) is 10.8. The first kappa shape index (κ1) is 20.9. The second-order valence-electron chi connectivity index (χ2n) is 7.10. The maximum Gasteiger partial charge on any atom is 0.231 e. The van der Waals surface area contributed by atoms with E-state index in [0.29, 0.717) is 5.82 Å². The van der Waals surface area contributed by atoms with Crippen LogP contribution in [-0.2, 0) is 11.8 Å². The number of aryl methyl sites for hydroxylation is 2. The van der Waals surface area contributed by atoms with Crippen LogP contribution in [-0.4, -0.2) is 30.8 Å². The minimum Gasteiger partial charge on any atom is -0.341 e. The van der Waals surface area contributed by atoms with E-state index in [0.717, 1.165) is 22.0 Å². The predicted octanol–water partition coefficient (Wildman–Crippen LogP) is 4.05. The van der Waals surface area contributed by atoms with Crippen LogP contribution in [0.4, 0.5) is 4.39 Å². The fraction of sp³-hybridized carbons (Fsp3) is 0.174. The molecule has 1 N–H and O–H groups in total. The molecule has 0 spiro atoms. The first-order chi connectivity index (χ1) is 15.0. The number of nitrogens with zero attached hydrogens (tertiary/aromatic N) is 4. The molecule has 158 valence electrons. The molecule has 0 fully saturated rings. The van der Waals surface area contributed by atoms with E-state index in [-0.39, 0.29) is 17.5 Å². The van der Waals surface area contributed by atoms with Crippen LogP contribution in [0.1, 0.15) is 23.0 Å². The van der Waals surface area contributed by atoms with Gasteiger partial charge < -0.3 is 9.88 Å². The Morgan fingerprint density at radius 1 is 1.10 bits per heavy atom. The number of halogens is 1. The lowest BCUT2D eigenvalue weighted by molar-refractivity contribution is -0.119. The molecule has 2 aromatic carbocycles. The van der Waals surface area contributed by atoms with Gasteiger partial charge >= 0.3 is 0 Å². The second kappa shape index (κ2) is 9.18. The number of carbonyl (C=O) groups is 1. The average Bonchev–Trinajstić information content (AvgIpc) is 3.40. The Hall–Kier alpha value is -3.39. The molecule has 4 rings (SSSR count). The van der Waals surface area contributed by atoms with E-state index >= 15 is 0 Å². The van der Waals surface area contributed by atoms with Crippen LogP contribution in [0.3, 0.4) is 0 Å². The summed E-state index contributed by atoms with van der Waals surface area (Å²) in [5.41, 5.74) is 2.91. The molecule has 0 radical (unpaired) electrons. The zero-order valence-electron chi connectivity index (χ0n) is 17.2. The molecule has 4 aromatic rings. The Bertz CT molecular complexity index is 1180. The largest absolute Gasteiger partial charge is 0.341 e. The second-order valence-corrected chi connectivity index (χ2v) is 8.05. The standard InChI is InChI=1S/C23H22FN5OS/c1-16-5-3-4-6-19(16)29-14-12-26-23(29)31-15-20(30)27-21(22-25-11-13-28(22)2)17-7-9-18(24)10-8-17/h3-14,21H,15H2,1-2H3,(H,27,30). The van der Waals surface area contributed by atoms with Gasteiger partial charge in [0, 0.05) is 31.8 Å². The highest BCUT2D eigenvalue weighted by Crippen LogP contribution is 2.24. The van der Waals surface area contributed by atoms with Crippen LogP contribution in [0.5, 0.6) is 0 Å². The molecule has 1 amide bonds. The summed E-state index contributed by atoms with van der Waals surface area (Å²) < 4.78 is 17.2. The number of imidazole rings is 2. The predicted molar refractivity (Wildman–Crippen MR) is 119 cm³/mol. The third kappa shape index (κ3) is 4.69. The summed E-state index contributed by atoms with van der Waals surface area (Å²) in [4.78, 5) is 21.6. The minimum absolute atomic E-state index is 0.165. The van der Waals surface area contributed by atoms with Crippen molar-refractivity contribution in [2.45, 2.75) is 18.1 Å². The van der Waals surface area contributed by atoms with E-state index in [1.54, 1.807) is 24.5 Å². The van der Waals surface area contributed by atoms with Crippen LogP contribution in [0.2, 0.25) is 0 Å². The van der Waals surface area contributed by atoms with Crippen molar-refractivity contribution in [1.29, 1.82) is 0 Å². The van der Waals surface area contributed by atoms with Gasteiger partial charge in [-0.15, -0.1) is 0 Å². The summed E-state index contributed by atoms with van der Waals surface area (Å²) in [6.07, 6.45) is 7.09. The van der Waals surface area contributed by atoms with E-state index in [1.807, 2.05) is 59.8 Å². The topological polar surface area (TPSA) is 64.7 Å². The van der Waals surface area contributed by atoms with E-state index in [2.05, 4.69) is 15.3 Å². The highest BCUT2D eigenvalue weighted by atomic mass is 32.2. The van der Waals surface area contributed by atoms with Crippen molar-refractivity contribution in [2.24, 2.45) is 7.05 Å². The number of aromatic nitrogens is 4. The maximum atomic E-state index is 13.4. The molecule has 0 saturated heterocycles. The average molecular weight is 436 g/mol. The number of hydrogen-bond donors (Lipinski definition) is 1. The number of amides is 1. The number of nitrogens with one attached hydrogen (secondary N) is 1. The molecule has 0 saturated carbocycles. The molecule has 31 heavy (non-hydrogen) atoms. The molecule has 2 heterocycles. The molecular formula is C23H22FN5OS. The van der Waals surface area contributed by atoms with Crippen molar-refractivity contribution in [2.75, 3.05) is 5.75 Å². The number of para-hydroxylation sites is 1. The third-order valence-electron chi connectivity index (χ3n) is 4.94. The zero-order chi connectivity index (χ0) is 21.8. The summed E-state index contributed by atoms with van der Waals surface area (Å²) in [5.74, 6) is 0.366. The van der Waals surface area contributed by atoms with Gasteiger partial charge in [-0.05, 0) is 36.2 Å². The molecule has 0 aliphatic heterocycles. The quantitative estimate of drug-likeness (QED) is 0.445. The van der Waals surface area contributed by atoms with Crippen molar-refractivity contribution in [3.63, 3.8) is 0 Å². The number of benzene rings is 2. The van der Waals surface area contributed by atoms with E-state index in [1.165, 1.54) is 23.9 Å². The van der Waals surface area contributed by atoms with Crippen LogP contribution >= 0.6 is 11.8 Å². The molecule has 2 aromatic heterocycles. The van der Waals surface area contributed by atoms with Crippen molar-refractivity contribution >= 4 is 17.7 Å². The van der Waals surface area contributed by atoms with Crippen molar-refractivity contribution < 1.29 is 9.18 Å². The highest BCUT2D eigenvalue weighted by molar-refractivity contribution is 7.99. The van der Waals surface area contributed by atoms with Gasteiger partial charge in [0.05, 0.1) is 11.4 Å². The lowest BCUT2D eigenvalue weighted by Gasteiger charge is -2.19. The lowest BCUT2D eigenvalue weighted by atomic mass is 10.1. The van der Waals surface area contributed by atoms with Gasteiger partial charge in [0.15, 0.2) is 5.16 Å². The molecular weight excluding hydrogens is 413 g/mol. The Kier molecular flexibility index (Phi) is 6.18. The fourth-order valence-corrected chi connectivity index (χ4v) is 4.13. The van der Waals surface area contributed by atoms with Gasteiger partial charge in [-0.3, -0.25) is 9.36 Å². The van der Waals surface area contributed by atoms with Gasteiger partial charge in [0.2, 0.25) is 5.91 Å². The molecule has 8 heteroatoms. The fourth-order valence-electron chi connectivity index (χ4n) is 3.35. The van der Waals surface area contributed by atoms with E-state index in [9.17, 15) is 9.18 Å². The van der Waals surface area contributed by atoms with Crippen LogP contribution in [0, 0.1) is 12.7 Å².